The summed E-state index contributed by atoms with van der Waals surface area (Å²) in [5.74, 6) is -0.499. The number of aryl methyl sites for hydroxylation is 2. The lowest BCUT2D eigenvalue weighted by molar-refractivity contribution is 0.0929. The topological polar surface area (TPSA) is 54.4 Å². The first-order valence-corrected chi connectivity index (χ1v) is 10.8. The number of hydrogen-bond donors (Lipinski definition) is 1. The Bertz CT molecular complexity index is 991. The van der Waals surface area contributed by atoms with Gasteiger partial charge in [-0.15, -0.1) is 0 Å². The van der Waals surface area contributed by atoms with Gasteiger partial charge in [0.25, 0.3) is 5.91 Å². The molecule has 5 heteroatoms. The highest BCUT2D eigenvalue weighted by atomic mass is 19.1. The fraction of sp³-hybridized carbons (Fsp3) is 0.346. The molecule has 0 unspecified atom stereocenters. The van der Waals surface area contributed by atoms with Crippen LogP contribution in [0.25, 0.3) is 0 Å². The molecule has 1 heterocycles. The maximum absolute atomic E-state index is 13.0. The molecule has 2 aliphatic carbocycles. The van der Waals surface area contributed by atoms with Crippen LogP contribution in [0.2, 0.25) is 0 Å². The van der Waals surface area contributed by atoms with Gasteiger partial charge in [0.15, 0.2) is 0 Å². The van der Waals surface area contributed by atoms with Crippen molar-refractivity contribution in [3.05, 3.63) is 89.7 Å². The van der Waals surface area contributed by atoms with Gasteiger partial charge in [0, 0.05) is 24.6 Å². The molecule has 0 atom stereocenters. The number of nitrogens with zero attached hydrogens (tertiary/aromatic N) is 2. The minimum absolute atomic E-state index is 0. The van der Waals surface area contributed by atoms with Crippen LogP contribution in [0.1, 0.15) is 68.3 Å². The fourth-order valence-corrected chi connectivity index (χ4v) is 3.56. The standard InChI is InChI=1S/C19H19FN2O.C7H11N.H2/c20-15-8-5-14(6-9-15)18(23)22-19(11-12-19)17-10-7-13-3-1-2-4-16(13)21-17;1-4-5-6-8-7(2)3;/h5-10H,1-4,11-12H2,(H,22,23);4-6H,1H2,2-3H3;1H/b;6-5-;. The zero-order valence-electron chi connectivity index (χ0n) is 18.3. The van der Waals surface area contributed by atoms with Gasteiger partial charge >= 0.3 is 0 Å². The van der Waals surface area contributed by atoms with Gasteiger partial charge in [-0.3, -0.25) is 14.8 Å². The molecule has 164 valence electrons. The summed E-state index contributed by atoms with van der Waals surface area (Å²) in [6.45, 7) is 7.41. The Balaban J connectivity index is 0.000000350. The minimum atomic E-state index is -0.335. The van der Waals surface area contributed by atoms with Gasteiger partial charge < -0.3 is 5.32 Å². The van der Waals surface area contributed by atoms with E-state index >= 15 is 0 Å². The van der Waals surface area contributed by atoms with Gasteiger partial charge in [0.1, 0.15) is 5.82 Å². The minimum Gasteiger partial charge on any atom is -0.341 e. The van der Waals surface area contributed by atoms with Crippen molar-refractivity contribution in [2.24, 2.45) is 4.99 Å². The van der Waals surface area contributed by atoms with Gasteiger partial charge in [-0.25, -0.2) is 4.39 Å². The zero-order chi connectivity index (χ0) is 22.3. The van der Waals surface area contributed by atoms with Crippen molar-refractivity contribution in [2.45, 2.75) is 57.9 Å². The average Bonchev–Trinajstić information content (AvgIpc) is 3.55. The second-order valence-electron chi connectivity index (χ2n) is 8.21. The van der Waals surface area contributed by atoms with Crippen LogP contribution in [-0.2, 0) is 18.4 Å². The van der Waals surface area contributed by atoms with E-state index in [1.54, 1.807) is 18.4 Å². The number of nitrogens with one attached hydrogen (secondary N) is 1. The van der Waals surface area contributed by atoms with E-state index in [-0.39, 0.29) is 18.7 Å². The van der Waals surface area contributed by atoms with Crippen LogP contribution in [0.3, 0.4) is 0 Å². The molecule has 1 aromatic heterocycles. The van der Waals surface area contributed by atoms with Crippen molar-refractivity contribution in [1.29, 1.82) is 0 Å². The summed E-state index contributed by atoms with van der Waals surface area (Å²) in [4.78, 5) is 21.2. The van der Waals surface area contributed by atoms with E-state index < -0.39 is 0 Å². The molecule has 0 saturated heterocycles. The SMILES string of the molecule is C=C/C=C\N=C(C)C.O=C(NC1(c2ccc3c(n2)CCCC3)CC1)c1ccc(F)cc1.[HH]. The third-order valence-electron chi connectivity index (χ3n) is 5.43. The lowest BCUT2D eigenvalue weighted by atomic mass is 9.95. The molecular formula is C26H32FN3O. The highest BCUT2D eigenvalue weighted by molar-refractivity contribution is 5.95. The van der Waals surface area contributed by atoms with Crippen LogP contribution in [-0.4, -0.2) is 16.6 Å². The van der Waals surface area contributed by atoms with E-state index in [4.69, 9.17) is 4.98 Å². The smallest absolute Gasteiger partial charge is 0.252 e. The van der Waals surface area contributed by atoms with Gasteiger partial charge in [0.05, 0.1) is 11.2 Å². The first-order valence-electron chi connectivity index (χ1n) is 10.8. The summed E-state index contributed by atoms with van der Waals surface area (Å²) in [5, 5.41) is 3.10. The lowest BCUT2D eigenvalue weighted by Crippen LogP contribution is -2.35. The third-order valence-corrected chi connectivity index (χ3v) is 5.43. The number of rotatable bonds is 5. The van der Waals surface area contributed by atoms with E-state index in [0.717, 1.165) is 37.1 Å². The van der Waals surface area contributed by atoms with Crippen molar-refractivity contribution in [1.82, 2.24) is 10.3 Å². The normalized spacial score (nSPS) is 15.8. The Labute approximate surface area is 185 Å². The average molecular weight is 422 g/mol. The van der Waals surface area contributed by atoms with E-state index in [0.29, 0.717) is 5.56 Å². The summed E-state index contributed by atoms with van der Waals surface area (Å²) < 4.78 is 13.0. The lowest BCUT2D eigenvalue weighted by Gasteiger charge is -2.21. The van der Waals surface area contributed by atoms with Crippen LogP contribution in [0.4, 0.5) is 4.39 Å². The summed E-state index contributed by atoms with van der Waals surface area (Å²) >= 11 is 0. The number of allylic oxidation sites excluding steroid dienone is 2. The van der Waals surface area contributed by atoms with Gasteiger partial charge in [-0.05, 0) is 94.3 Å². The van der Waals surface area contributed by atoms with E-state index in [2.05, 4.69) is 29.0 Å². The van der Waals surface area contributed by atoms with E-state index in [9.17, 15) is 9.18 Å². The quantitative estimate of drug-likeness (QED) is 0.480. The Morgan fingerprint density at radius 3 is 2.52 bits per heavy atom. The highest BCUT2D eigenvalue weighted by Gasteiger charge is 2.47. The summed E-state index contributed by atoms with van der Waals surface area (Å²) in [6, 6.07) is 9.88. The summed E-state index contributed by atoms with van der Waals surface area (Å²) in [6.07, 6.45) is 11.6. The van der Waals surface area contributed by atoms with Gasteiger partial charge in [-0.2, -0.15) is 0 Å². The predicted molar refractivity (Wildman–Crippen MR) is 126 cm³/mol. The molecule has 0 bridgehead atoms. The third kappa shape index (κ3) is 6.20. The number of benzene rings is 1. The molecule has 0 radical (unpaired) electrons. The number of halogens is 1. The molecule has 1 amide bonds. The Morgan fingerprint density at radius 2 is 1.87 bits per heavy atom. The first kappa shape index (κ1) is 22.6. The van der Waals surface area contributed by atoms with Crippen molar-refractivity contribution < 1.29 is 10.6 Å². The van der Waals surface area contributed by atoms with Gasteiger partial charge in [0.2, 0.25) is 0 Å². The first-order chi connectivity index (χ1) is 14.9. The fourth-order valence-electron chi connectivity index (χ4n) is 3.56. The Hall–Kier alpha value is -3.08. The molecule has 1 aromatic carbocycles. The number of carbonyl (C=O) groups is 1. The monoisotopic (exact) mass is 421 g/mol. The zero-order valence-corrected chi connectivity index (χ0v) is 18.3. The molecule has 1 N–H and O–H groups in total. The van der Waals surface area contributed by atoms with E-state index in [1.165, 1.54) is 48.4 Å². The highest BCUT2D eigenvalue weighted by Crippen LogP contribution is 2.45. The summed E-state index contributed by atoms with van der Waals surface area (Å²) in [7, 11) is 0. The van der Waals surface area contributed by atoms with Crippen molar-refractivity contribution in [3.63, 3.8) is 0 Å². The van der Waals surface area contributed by atoms with Gasteiger partial charge in [-0.1, -0.05) is 18.7 Å². The largest absolute Gasteiger partial charge is 0.341 e. The van der Waals surface area contributed by atoms with Crippen LogP contribution in [0, 0.1) is 5.82 Å². The molecule has 31 heavy (non-hydrogen) atoms. The number of fused-ring (bicyclic) bond motifs is 1. The molecule has 0 spiro atoms. The van der Waals surface area contributed by atoms with Crippen molar-refractivity contribution >= 4 is 11.6 Å². The summed E-state index contributed by atoms with van der Waals surface area (Å²) in [5.41, 5.74) is 4.71. The molecule has 1 saturated carbocycles. The number of pyridine rings is 1. The van der Waals surface area contributed by atoms with Crippen molar-refractivity contribution in [3.8, 4) is 0 Å². The molecule has 1 fully saturated rings. The molecule has 2 aromatic rings. The molecule has 2 aliphatic rings. The van der Waals surface area contributed by atoms with Crippen molar-refractivity contribution in [2.75, 3.05) is 0 Å². The molecular weight excluding hydrogens is 389 g/mol. The number of aliphatic imine (C=N–C) groups is 1. The van der Waals surface area contributed by atoms with Crippen LogP contribution >= 0.6 is 0 Å². The second-order valence-corrected chi connectivity index (χ2v) is 8.21. The second kappa shape index (κ2) is 10.3. The Morgan fingerprint density at radius 1 is 1.16 bits per heavy atom. The maximum atomic E-state index is 13.0. The molecule has 4 rings (SSSR count). The number of amides is 1. The maximum Gasteiger partial charge on any atom is 0.252 e. The van der Waals surface area contributed by atoms with Crippen LogP contribution in [0.15, 0.2) is 66.3 Å². The number of carbonyl (C=O) groups excluding carboxylic acids is 1. The van der Waals surface area contributed by atoms with Crippen LogP contribution in [0.5, 0.6) is 0 Å². The molecule has 4 nitrogen and oxygen atoms in total. The molecule has 0 aliphatic heterocycles. The predicted octanol–water partition coefficient (Wildman–Crippen LogP) is 5.93. The number of hydrogen-bond acceptors (Lipinski definition) is 3. The van der Waals surface area contributed by atoms with E-state index in [1.807, 2.05) is 13.8 Å². The Kier molecular flexibility index (Phi) is 7.50. The van der Waals surface area contributed by atoms with Crippen LogP contribution < -0.4 is 5.32 Å². The number of aromatic nitrogens is 1.